The van der Waals surface area contributed by atoms with Crippen LogP contribution in [0.25, 0.3) is 0 Å². The molecular weight excluding hydrogens is 331 g/mol. The predicted octanol–water partition coefficient (Wildman–Crippen LogP) is 4.04. The lowest BCUT2D eigenvalue weighted by atomic mass is 10.2. The zero-order valence-corrected chi connectivity index (χ0v) is 15.0. The quantitative estimate of drug-likeness (QED) is 0.736. The molecule has 0 saturated heterocycles. The van der Waals surface area contributed by atoms with Crippen molar-refractivity contribution in [2.45, 2.75) is 12.6 Å². The summed E-state index contributed by atoms with van der Waals surface area (Å²) >= 11 is 12.3. The first-order valence-corrected chi connectivity index (χ1v) is 8.35. The predicted molar refractivity (Wildman–Crippen MR) is 98.1 cm³/mol. The van der Waals surface area contributed by atoms with Gasteiger partial charge in [0.15, 0.2) is 0 Å². The minimum Gasteiger partial charge on any atom is -0.385 e. The van der Waals surface area contributed by atoms with E-state index in [-0.39, 0.29) is 0 Å². The Morgan fingerprint density at radius 3 is 2.26 bits per heavy atom. The molecule has 23 heavy (non-hydrogen) atoms. The molecule has 0 saturated carbocycles. The van der Waals surface area contributed by atoms with Crippen molar-refractivity contribution in [2.24, 2.45) is 0 Å². The molecule has 0 bridgehead atoms. The molecule has 0 aliphatic heterocycles. The highest BCUT2D eigenvalue weighted by Crippen LogP contribution is 2.21. The van der Waals surface area contributed by atoms with Crippen molar-refractivity contribution in [1.82, 2.24) is 0 Å². The van der Waals surface area contributed by atoms with Gasteiger partial charge in [-0.15, -0.1) is 0 Å². The van der Waals surface area contributed by atoms with Crippen LogP contribution in [0.4, 0.5) is 5.69 Å². The molecule has 2 aromatic rings. The van der Waals surface area contributed by atoms with E-state index in [0.29, 0.717) is 22.6 Å². The van der Waals surface area contributed by atoms with Gasteiger partial charge in [0, 0.05) is 17.1 Å². The van der Waals surface area contributed by atoms with Crippen LogP contribution >= 0.6 is 23.2 Å². The van der Waals surface area contributed by atoms with Crippen molar-refractivity contribution in [3.05, 3.63) is 64.1 Å². The average Bonchev–Trinajstić information content (AvgIpc) is 2.48. The van der Waals surface area contributed by atoms with Gasteiger partial charge in [0.2, 0.25) is 0 Å². The summed E-state index contributed by atoms with van der Waals surface area (Å²) in [6.07, 6.45) is -0.483. The molecule has 0 aliphatic rings. The summed E-state index contributed by atoms with van der Waals surface area (Å²) in [6, 6.07) is 15.4. The molecule has 1 unspecified atom stereocenters. The molecule has 2 N–H and O–H groups in total. The van der Waals surface area contributed by atoms with Crippen molar-refractivity contribution in [1.29, 1.82) is 0 Å². The third-order valence-electron chi connectivity index (χ3n) is 3.66. The highest BCUT2D eigenvalue weighted by atomic mass is 35.5. The van der Waals surface area contributed by atoms with Crippen LogP contribution in [0.15, 0.2) is 48.5 Å². The number of para-hydroxylation sites is 1. The van der Waals surface area contributed by atoms with Crippen LogP contribution in [0.5, 0.6) is 0 Å². The Bertz CT molecular complexity index is 646. The number of rotatable bonds is 7. The minimum atomic E-state index is -0.483. The molecule has 5 heteroatoms. The Hall–Kier alpha value is -1.26. The first-order valence-electron chi connectivity index (χ1n) is 7.59. The first kappa shape index (κ1) is 18.1. The fourth-order valence-corrected chi connectivity index (χ4v) is 3.02. The summed E-state index contributed by atoms with van der Waals surface area (Å²) in [5, 5.41) is 14.9. The minimum absolute atomic E-state index is 0.452. The maximum absolute atomic E-state index is 10.3. The molecule has 0 spiro atoms. The van der Waals surface area contributed by atoms with Gasteiger partial charge in [-0.05, 0) is 18.2 Å². The van der Waals surface area contributed by atoms with E-state index < -0.39 is 6.10 Å². The molecule has 1 atom stereocenters. The summed E-state index contributed by atoms with van der Waals surface area (Å²) in [7, 11) is 4.17. The number of likely N-dealkylation sites (N-methyl/N-ethyl adjacent to an activating group) is 1. The van der Waals surface area contributed by atoms with E-state index in [2.05, 4.69) is 19.4 Å². The number of halogens is 2. The Labute approximate surface area is 148 Å². The molecule has 0 radical (unpaired) electrons. The van der Waals surface area contributed by atoms with Crippen molar-refractivity contribution in [3.8, 4) is 0 Å². The number of quaternary nitrogens is 1. The molecule has 2 rings (SSSR count). The van der Waals surface area contributed by atoms with Gasteiger partial charge in [-0.3, -0.25) is 0 Å². The van der Waals surface area contributed by atoms with Gasteiger partial charge >= 0.3 is 0 Å². The molecule has 0 amide bonds. The van der Waals surface area contributed by atoms with Gasteiger partial charge in [0.25, 0.3) is 0 Å². The van der Waals surface area contributed by atoms with E-state index in [1.54, 1.807) is 0 Å². The van der Waals surface area contributed by atoms with Crippen molar-refractivity contribution in [3.63, 3.8) is 0 Å². The number of hydrogen-bond donors (Lipinski definition) is 2. The summed E-state index contributed by atoms with van der Waals surface area (Å²) in [6.45, 7) is 1.83. The Balaban J connectivity index is 1.89. The Morgan fingerprint density at radius 1 is 1.00 bits per heavy atom. The molecule has 0 aliphatic carbocycles. The lowest BCUT2D eigenvalue weighted by Gasteiger charge is -2.32. The second-order valence-corrected chi connectivity index (χ2v) is 7.20. The zero-order valence-electron chi connectivity index (χ0n) is 13.5. The van der Waals surface area contributed by atoms with E-state index in [9.17, 15) is 5.11 Å². The van der Waals surface area contributed by atoms with Gasteiger partial charge in [0.05, 0.1) is 24.8 Å². The third-order valence-corrected chi connectivity index (χ3v) is 4.36. The standard InChI is InChI=1S/C18H23Cl2N2O/c1-22(2,12-14-7-3-4-8-16(14)19)13-15(23)11-21-18-10-6-5-9-17(18)20/h3-10,15,21,23H,11-13H2,1-2H3/q+1. The molecule has 0 heterocycles. The number of benzene rings is 2. The van der Waals surface area contributed by atoms with Crippen LogP contribution in [0.1, 0.15) is 5.56 Å². The molecule has 124 valence electrons. The van der Waals surface area contributed by atoms with Gasteiger partial charge < -0.3 is 14.9 Å². The summed E-state index contributed by atoms with van der Waals surface area (Å²) < 4.78 is 0.648. The van der Waals surface area contributed by atoms with Gasteiger partial charge in [-0.25, -0.2) is 0 Å². The normalized spacial score (nSPS) is 12.9. The average molecular weight is 354 g/mol. The molecule has 3 nitrogen and oxygen atoms in total. The number of hydrogen-bond acceptors (Lipinski definition) is 2. The molecule has 0 aromatic heterocycles. The van der Waals surface area contributed by atoms with E-state index in [1.807, 2.05) is 48.5 Å². The number of anilines is 1. The molecular formula is C18H23Cl2N2O+. The molecule has 0 fully saturated rings. The van der Waals surface area contributed by atoms with Gasteiger partial charge in [-0.1, -0.05) is 53.5 Å². The second-order valence-electron chi connectivity index (χ2n) is 6.38. The summed E-state index contributed by atoms with van der Waals surface area (Å²) in [4.78, 5) is 0. The first-order chi connectivity index (χ1) is 10.9. The Morgan fingerprint density at radius 2 is 1.61 bits per heavy atom. The van der Waals surface area contributed by atoms with Gasteiger partial charge in [-0.2, -0.15) is 0 Å². The maximum Gasteiger partial charge on any atom is 0.120 e. The maximum atomic E-state index is 10.3. The lowest BCUT2D eigenvalue weighted by Crippen LogP contribution is -2.46. The van der Waals surface area contributed by atoms with E-state index >= 15 is 0 Å². The third kappa shape index (κ3) is 5.70. The number of aliphatic hydroxyl groups is 1. The van der Waals surface area contributed by atoms with Crippen LogP contribution in [0, 0.1) is 0 Å². The van der Waals surface area contributed by atoms with E-state index in [4.69, 9.17) is 23.2 Å². The van der Waals surface area contributed by atoms with Crippen LogP contribution in [-0.2, 0) is 6.54 Å². The SMILES string of the molecule is C[N+](C)(Cc1ccccc1Cl)CC(O)CNc1ccccc1Cl. The van der Waals surface area contributed by atoms with Crippen LogP contribution in [-0.4, -0.2) is 42.9 Å². The summed E-state index contributed by atoms with van der Waals surface area (Å²) in [5.74, 6) is 0. The summed E-state index contributed by atoms with van der Waals surface area (Å²) in [5.41, 5.74) is 1.93. The van der Waals surface area contributed by atoms with Crippen molar-refractivity contribution >= 4 is 28.9 Å². The highest BCUT2D eigenvalue weighted by Gasteiger charge is 2.22. The fraction of sp³-hybridized carbons (Fsp3) is 0.333. The van der Waals surface area contributed by atoms with Crippen molar-refractivity contribution in [2.75, 3.05) is 32.5 Å². The number of aliphatic hydroxyl groups excluding tert-OH is 1. The number of nitrogens with zero attached hydrogens (tertiary/aromatic N) is 1. The monoisotopic (exact) mass is 353 g/mol. The lowest BCUT2D eigenvalue weighted by molar-refractivity contribution is -0.906. The van der Waals surface area contributed by atoms with Crippen LogP contribution in [0.2, 0.25) is 10.0 Å². The van der Waals surface area contributed by atoms with E-state index in [0.717, 1.165) is 22.8 Å². The van der Waals surface area contributed by atoms with Gasteiger partial charge in [0.1, 0.15) is 19.2 Å². The van der Waals surface area contributed by atoms with Crippen LogP contribution < -0.4 is 5.32 Å². The Kier molecular flexibility index (Phi) is 6.31. The zero-order chi connectivity index (χ0) is 16.9. The number of nitrogens with one attached hydrogen (secondary N) is 1. The smallest absolute Gasteiger partial charge is 0.120 e. The van der Waals surface area contributed by atoms with Crippen LogP contribution in [0.3, 0.4) is 0 Å². The van der Waals surface area contributed by atoms with Crippen molar-refractivity contribution < 1.29 is 9.59 Å². The highest BCUT2D eigenvalue weighted by molar-refractivity contribution is 6.33. The fourth-order valence-electron chi connectivity index (χ4n) is 2.62. The molecule has 2 aromatic carbocycles. The topological polar surface area (TPSA) is 32.3 Å². The second kappa shape index (κ2) is 8.02. The largest absolute Gasteiger partial charge is 0.385 e. The van der Waals surface area contributed by atoms with E-state index in [1.165, 1.54) is 0 Å².